The normalized spacial score (nSPS) is 14.3. The van der Waals surface area contributed by atoms with E-state index in [0.29, 0.717) is 6.54 Å². The van der Waals surface area contributed by atoms with Gasteiger partial charge in [-0.2, -0.15) is 0 Å². The highest BCUT2D eigenvalue weighted by atomic mass is 16.2. The van der Waals surface area contributed by atoms with Crippen LogP contribution in [-0.2, 0) is 4.79 Å². The minimum atomic E-state index is -0.165. The third-order valence-electron chi connectivity index (χ3n) is 3.35. The second-order valence-corrected chi connectivity index (χ2v) is 4.58. The quantitative estimate of drug-likeness (QED) is 0.782. The van der Waals surface area contributed by atoms with Gasteiger partial charge in [0.2, 0.25) is 5.91 Å². The number of amides is 1. The number of nitrogens with zero attached hydrogens (tertiary/aromatic N) is 1. The van der Waals surface area contributed by atoms with E-state index in [1.165, 1.54) is 0 Å². The maximum Gasteiger partial charge on any atom is 0.237 e. The van der Waals surface area contributed by atoms with Gasteiger partial charge in [0.05, 0.1) is 6.04 Å². The van der Waals surface area contributed by atoms with Crippen molar-refractivity contribution in [3.63, 3.8) is 0 Å². The summed E-state index contributed by atoms with van der Waals surface area (Å²) in [5.74, 6) is 0.0516. The molecular weight excluding hydrogens is 226 g/mol. The third kappa shape index (κ3) is 3.47. The topological polar surface area (TPSA) is 58.4 Å². The number of benzene rings is 1. The Balaban J connectivity index is 2.77. The van der Waals surface area contributed by atoms with Gasteiger partial charge >= 0.3 is 0 Å². The lowest BCUT2D eigenvalue weighted by Gasteiger charge is -2.30. The molecule has 0 saturated heterocycles. The van der Waals surface area contributed by atoms with Gasteiger partial charge in [0, 0.05) is 18.3 Å². The molecule has 0 aliphatic heterocycles. The number of carbonyl (C=O) groups is 1. The van der Waals surface area contributed by atoms with Gasteiger partial charge in [-0.15, -0.1) is 0 Å². The van der Waals surface area contributed by atoms with Crippen LogP contribution in [0.4, 0.5) is 5.69 Å². The van der Waals surface area contributed by atoms with E-state index in [4.69, 9.17) is 5.73 Å². The molecule has 0 saturated carbocycles. The standard InChI is InChI=1S/C14H23N3O/c1-5-16-14(18)11(3)17(4)10(2)12-7-6-8-13(15)9-12/h6-11H,5,15H2,1-4H3,(H,16,18). The number of nitrogens with two attached hydrogens (primary N) is 1. The van der Waals surface area contributed by atoms with Gasteiger partial charge < -0.3 is 11.1 Å². The lowest BCUT2D eigenvalue weighted by molar-refractivity contribution is -0.126. The molecule has 18 heavy (non-hydrogen) atoms. The summed E-state index contributed by atoms with van der Waals surface area (Å²) in [7, 11) is 1.95. The van der Waals surface area contributed by atoms with Gasteiger partial charge in [-0.25, -0.2) is 0 Å². The SMILES string of the molecule is CCNC(=O)C(C)N(C)C(C)c1cccc(N)c1. The molecule has 0 spiro atoms. The van der Waals surface area contributed by atoms with Crippen molar-refractivity contribution in [2.45, 2.75) is 32.9 Å². The van der Waals surface area contributed by atoms with Gasteiger partial charge in [-0.05, 0) is 45.5 Å². The summed E-state index contributed by atoms with van der Waals surface area (Å²) in [6.45, 7) is 6.56. The number of carbonyl (C=O) groups excluding carboxylic acids is 1. The number of anilines is 1. The summed E-state index contributed by atoms with van der Waals surface area (Å²) >= 11 is 0. The van der Waals surface area contributed by atoms with Crippen molar-refractivity contribution in [3.05, 3.63) is 29.8 Å². The van der Waals surface area contributed by atoms with Crippen molar-refractivity contribution in [1.29, 1.82) is 0 Å². The second kappa shape index (κ2) is 6.40. The molecule has 4 nitrogen and oxygen atoms in total. The van der Waals surface area contributed by atoms with E-state index in [0.717, 1.165) is 11.3 Å². The van der Waals surface area contributed by atoms with Crippen molar-refractivity contribution in [1.82, 2.24) is 10.2 Å². The van der Waals surface area contributed by atoms with Crippen LogP contribution in [0, 0.1) is 0 Å². The summed E-state index contributed by atoms with van der Waals surface area (Å²) in [6, 6.07) is 7.76. The molecule has 100 valence electrons. The molecular formula is C14H23N3O. The molecule has 0 aliphatic rings. The van der Waals surface area contributed by atoms with E-state index in [1.54, 1.807) is 0 Å². The summed E-state index contributed by atoms with van der Waals surface area (Å²) in [5, 5.41) is 2.84. The highest BCUT2D eigenvalue weighted by molar-refractivity contribution is 5.81. The van der Waals surface area contributed by atoms with Crippen LogP contribution in [-0.4, -0.2) is 30.4 Å². The van der Waals surface area contributed by atoms with Crippen LogP contribution in [0.25, 0.3) is 0 Å². The van der Waals surface area contributed by atoms with Gasteiger partial charge in [0.1, 0.15) is 0 Å². The van der Waals surface area contributed by atoms with Crippen LogP contribution in [0.15, 0.2) is 24.3 Å². The molecule has 0 aliphatic carbocycles. The predicted molar refractivity (Wildman–Crippen MR) is 75.2 cm³/mol. The average Bonchev–Trinajstić information content (AvgIpc) is 2.36. The summed E-state index contributed by atoms with van der Waals surface area (Å²) in [4.78, 5) is 13.9. The maximum atomic E-state index is 11.8. The first kappa shape index (κ1) is 14.5. The zero-order chi connectivity index (χ0) is 13.7. The predicted octanol–water partition coefficient (Wildman–Crippen LogP) is 1.79. The molecule has 0 radical (unpaired) electrons. The number of nitrogens with one attached hydrogen (secondary N) is 1. The fraction of sp³-hybridized carbons (Fsp3) is 0.500. The number of nitrogen functional groups attached to an aromatic ring is 1. The van der Waals surface area contributed by atoms with Crippen molar-refractivity contribution >= 4 is 11.6 Å². The smallest absolute Gasteiger partial charge is 0.237 e. The van der Waals surface area contributed by atoms with E-state index >= 15 is 0 Å². The van der Waals surface area contributed by atoms with Crippen LogP contribution in [0.2, 0.25) is 0 Å². The molecule has 0 heterocycles. The Hall–Kier alpha value is -1.55. The summed E-state index contributed by atoms with van der Waals surface area (Å²) in [6.07, 6.45) is 0. The number of rotatable bonds is 5. The molecule has 4 heteroatoms. The Bertz CT molecular complexity index is 406. The lowest BCUT2D eigenvalue weighted by Crippen LogP contribution is -2.44. The molecule has 2 unspecified atom stereocenters. The minimum Gasteiger partial charge on any atom is -0.399 e. The first-order chi connectivity index (χ1) is 8.47. The van der Waals surface area contributed by atoms with Crippen molar-refractivity contribution < 1.29 is 4.79 Å². The van der Waals surface area contributed by atoms with Crippen LogP contribution in [0.1, 0.15) is 32.4 Å². The molecule has 0 bridgehead atoms. The average molecular weight is 249 g/mol. The van der Waals surface area contributed by atoms with Crippen molar-refractivity contribution in [2.24, 2.45) is 0 Å². The minimum absolute atomic E-state index is 0.0516. The monoisotopic (exact) mass is 249 g/mol. The van der Waals surface area contributed by atoms with Crippen molar-refractivity contribution in [2.75, 3.05) is 19.3 Å². The van der Waals surface area contributed by atoms with E-state index in [9.17, 15) is 4.79 Å². The Morgan fingerprint density at radius 3 is 2.67 bits per heavy atom. The fourth-order valence-corrected chi connectivity index (χ4v) is 1.90. The highest BCUT2D eigenvalue weighted by Crippen LogP contribution is 2.22. The number of hydrogen-bond acceptors (Lipinski definition) is 3. The highest BCUT2D eigenvalue weighted by Gasteiger charge is 2.22. The Morgan fingerprint density at radius 1 is 1.44 bits per heavy atom. The molecule has 2 atom stereocenters. The molecule has 1 aromatic rings. The Labute approximate surface area is 109 Å². The Kier molecular flexibility index (Phi) is 5.16. The van der Waals surface area contributed by atoms with Crippen LogP contribution < -0.4 is 11.1 Å². The zero-order valence-electron chi connectivity index (χ0n) is 11.6. The van der Waals surface area contributed by atoms with Crippen LogP contribution >= 0.6 is 0 Å². The van der Waals surface area contributed by atoms with Gasteiger partial charge in [-0.3, -0.25) is 9.69 Å². The van der Waals surface area contributed by atoms with Gasteiger partial charge in [0.25, 0.3) is 0 Å². The molecule has 3 N–H and O–H groups in total. The molecule has 1 rings (SSSR count). The largest absolute Gasteiger partial charge is 0.399 e. The summed E-state index contributed by atoms with van der Waals surface area (Å²) < 4.78 is 0. The third-order valence-corrected chi connectivity index (χ3v) is 3.35. The number of hydrogen-bond donors (Lipinski definition) is 2. The van der Waals surface area contributed by atoms with Gasteiger partial charge in [0.15, 0.2) is 0 Å². The van der Waals surface area contributed by atoms with E-state index in [1.807, 2.05) is 50.1 Å². The van der Waals surface area contributed by atoms with Crippen LogP contribution in [0.3, 0.4) is 0 Å². The van der Waals surface area contributed by atoms with Crippen LogP contribution in [0.5, 0.6) is 0 Å². The number of likely N-dealkylation sites (N-methyl/N-ethyl adjacent to an activating group) is 2. The first-order valence-electron chi connectivity index (χ1n) is 6.32. The Morgan fingerprint density at radius 2 is 2.11 bits per heavy atom. The maximum absolute atomic E-state index is 11.8. The van der Waals surface area contributed by atoms with E-state index in [2.05, 4.69) is 12.2 Å². The van der Waals surface area contributed by atoms with Gasteiger partial charge in [-0.1, -0.05) is 12.1 Å². The van der Waals surface area contributed by atoms with E-state index < -0.39 is 0 Å². The summed E-state index contributed by atoms with van der Waals surface area (Å²) in [5.41, 5.74) is 7.65. The van der Waals surface area contributed by atoms with Crippen molar-refractivity contribution in [3.8, 4) is 0 Å². The lowest BCUT2D eigenvalue weighted by atomic mass is 10.0. The molecule has 0 fully saturated rings. The van der Waals surface area contributed by atoms with E-state index in [-0.39, 0.29) is 18.0 Å². The fourth-order valence-electron chi connectivity index (χ4n) is 1.90. The first-order valence-corrected chi connectivity index (χ1v) is 6.32. The second-order valence-electron chi connectivity index (χ2n) is 4.58. The molecule has 1 amide bonds. The zero-order valence-corrected chi connectivity index (χ0v) is 11.6. The molecule has 0 aromatic heterocycles. The molecule has 1 aromatic carbocycles.